The average molecular weight is 243 g/mol. The van der Waals surface area contributed by atoms with Crippen LogP contribution in [0, 0.1) is 5.92 Å². The molecule has 5 heteroatoms. The van der Waals surface area contributed by atoms with Crippen molar-refractivity contribution in [3.05, 3.63) is 0 Å². The molecule has 1 saturated heterocycles. The first-order chi connectivity index (χ1) is 8.39. The van der Waals surface area contributed by atoms with Gasteiger partial charge in [0, 0.05) is 13.3 Å². The van der Waals surface area contributed by atoms with Crippen molar-refractivity contribution in [3.63, 3.8) is 0 Å². The second kappa shape index (κ2) is 10.9. The van der Waals surface area contributed by atoms with E-state index in [-0.39, 0.29) is 0 Å². The molecule has 1 fully saturated rings. The molecule has 0 aromatic rings. The fourth-order valence-electron chi connectivity index (χ4n) is 1.86. The normalized spacial score (nSPS) is 24.5. The Kier molecular flexibility index (Phi) is 9.55. The van der Waals surface area contributed by atoms with Crippen LogP contribution >= 0.6 is 0 Å². The maximum atomic E-state index is 3.50. The van der Waals surface area contributed by atoms with Crippen molar-refractivity contribution in [1.82, 2.24) is 26.6 Å². The Bertz CT molecular complexity index is 149. The molecular formula is C12H29N5. The molecule has 0 saturated carbocycles. The van der Waals surface area contributed by atoms with Crippen LogP contribution in [0.2, 0.25) is 0 Å². The quantitative estimate of drug-likeness (QED) is 0.389. The molecule has 0 unspecified atom stereocenters. The topological polar surface area (TPSA) is 60.1 Å². The summed E-state index contributed by atoms with van der Waals surface area (Å²) < 4.78 is 0. The molecule has 1 aliphatic heterocycles. The van der Waals surface area contributed by atoms with Gasteiger partial charge in [0.25, 0.3) is 0 Å². The molecule has 17 heavy (non-hydrogen) atoms. The van der Waals surface area contributed by atoms with E-state index in [9.17, 15) is 0 Å². The maximum Gasteiger partial charge on any atom is 0.0464 e. The standard InChI is InChI=1S/C12H29N5/c1-12-8-13-4-2-6-15-10-17-11-16-7-3-5-14-9-12/h12-17H,2-11H2,1H3. The molecule has 0 aliphatic carbocycles. The van der Waals surface area contributed by atoms with Crippen LogP contribution in [-0.4, -0.2) is 52.6 Å². The zero-order valence-electron chi connectivity index (χ0n) is 11.1. The third kappa shape index (κ3) is 9.50. The lowest BCUT2D eigenvalue weighted by Crippen LogP contribution is -2.38. The van der Waals surface area contributed by atoms with Gasteiger partial charge in [-0.1, -0.05) is 6.92 Å². The second-order valence-electron chi connectivity index (χ2n) is 4.82. The first kappa shape index (κ1) is 14.9. The molecule has 1 rings (SSSR count). The highest BCUT2D eigenvalue weighted by atomic mass is 15.1. The molecule has 102 valence electrons. The fourth-order valence-corrected chi connectivity index (χ4v) is 1.86. The summed E-state index contributed by atoms with van der Waals surface area (Å²) in [5.74, 6) is 0.713. The van der Waals surface area contributed by atoms with Crippen molar-refractivity contribution in [2.45, 2.75) is 19.8 Å². The van der Waals surface area contributed by atoms with Gasteiger partial charge in [0.15, 0.2) is 0 Å². The summed E-state index contributed by atoms with van der Waals surface area (Å²) in [5.41, 5.74) is 0. The van der Waals surface area contributed by atoms with E-state index in [1.54, 1.807) is 0 Å². The van der Waals surface area contributed by atoms with Crippen LogP contribution in [0.15, 0.2) is 0 Å². The van der Waals surface area contributed by atoms with Crippen molar-refractivity contribution in [3.8, 4) is 0 Å². The highest BCUT2D eigenvalue weighted by molar-refractivity contribution is 4.62. The van der Waals surface area contributed by atoms with E-state index in [4.69, 9.17) is 0 Å². The van der Waals surface area contributed by atoms with Gasteiger partial charge in [-0.3, -0.25) is 5.32 Å². The fraction of sp³-hybridized carbons (Fsp3) is 1.00. The summed E-state index contributed by atoms with van der Waals surface area (Å²) in [7, 11) is 0. The van der Waals surface area contributed by atoms with Gasteiger partial charge in [-0.25, -0.2) is 0 Å². The Hall–Kier alpha value is -0.200. The molecule has 5 nitrogen and oxygen atoms in total. The zero-order chi connectivity index (χ0) is 12.2. The first-order valence-corrected chi connectivity index (χ1v) is 6.93. The molecule has 1 aliphatic rings. The van der Waals surface area contributed by atoms with E-state index < -0.39 is 0 Å². The molecule has 0 bridgehead atoms. The van der Waals surface area contributed by atoms with E-state index >= 15 is 0 Å². The summed E-state index contributed by atoms with van der Waals surface area (Å²) in [6.07, 6.45) is 2.38. The molecule has 5 N–H and O–H groups in total. The molecule has 0 aromatic heterocycles. The lowest BCUT2D eigenvalue weighted by molar-refractivity contribution is 0.450. The van der Waals surface area contributed by atoms with E-state index in [0.29, 0.717) is 5.92 Å². The van der Waals surface area contributed by atoms with Crippen LogP contribution in [-0.2, 0) is 0 Å². The van der Waals surface area contributed by atoms with Crippen molar-refractivity contribution in [2.75, 3.05) is 52.6 Å². The Labute approximate surface area is 105 Å². The van der Waals surface area contributed by atoms with Gasteiger partial charge in [0.2, 0.25) is 0 Å². The smallest absolute Gasteiger partial charge is 0.0464 e. The minimum Gasteiger partial charge on any atom is -0.316 e. The first-order valence-electron chi connectivity index (χ1n) is 6.93. The van der Waals surface area contributed by atoms with Crippen molar-refractivity contribution < 1.29 is 0 Å². The second-order valence-corrected chi connectivity index (χ2v) is 4.82. The number of rotatable bonds is 0. The highest BCUT2D eigenvalue weighted by Gasteiger charge is 2.00. The lowest BCUT2D eigenvalue weighted by atomic mass is 10.2. The Morgan fingerprint density at radius 1 is 0.647 bits per heavy atom. The van der Waals surface area contributed by atoms with Gasteiger partial charge in [0.05, 0.1) is 0 Å². The summed E-state index contributed by atoms with van der Waals surface area (Å²) in [5, 5.41) is 17.1. The Morgan fingerprint density at radius 3 is 1.65 bits per heavy atom. The lowest BCUT2D eigenvalue weighted by Gasteiger charge is -2.15. The van der Waals surface area contributed by atoms with Gasteiger partial charge < -0.3 is 21.3 Å². The molecule has 1 heterocycles. The maximum absolute atomic E-state index is 3.50. The minimum absolute atomic E-state index is 0.713. The van der Waals surface area contributed by atoms with Gasteiger partial charge in [0.1, 0.15) is 0 Å². The van der Waals surface area contributed by atoms with Gasteiger partial charge >= 0.3 is 0 Å². The number of hydrogen-bond donors (Lipinski definition) is 5. The monoisotopic (exact) mass is 243 g/mol. The zero-order valence-corrected chi connectivity index (χ0v) is 11.1. The summed E-state index contributed by atoms with van der Waals surface area (Å²) >= 11 is 0. The minimum atomic E-state index is 0.713. The van der Waals surface area contributed by atoms with Crippen LogP contribution in [0.1, 0.15) is 19.8 Å². The molecule has 0 amide bonds. The number of nitrogens with one attached hydrogen (secondary N) is 5. The van der Waals surface area contributed by atoms with Crippen LogP contribution in [0.5, 0.6) is 0 Å². The largest absolute Gasteiger partial charge is 0.316 e. The molecule has 0 atom stereocenters. The third-order valence-electron chi connectivity index (χ3n) is 2.90. The molecular weight excluding hydrogens is 214 g/mol. The van der Waals surface area contributed by atoms with Gasteiger partial charge in [-0.15, -0.1) is 0 Å². The summed E-state index contributed by atoms with van der Waals surface area (Å²) in [6, 6.07) is 0. The Balaban J connectivity index is 2.09. The van der Waals surface area contributed by atoms with Crippen LogP contribution < -0.4 is 26.6 Å². The highest BCUT2D eigenvalue weighted by Crippen LogP contribution is 1.90. The third-order valence-corrected chi connectivity index (χ3v) is 2.90. The summed E-state index contributed by atoms with van der Waals surface area (Å²) in [4.78, 5) is 0. The van der Waals surface area contributed by atoms with Gasteiger partial charge in [-0.2, -0.15) is 0 Å². The van der Waals surface area contributed by atoms with Gasteiger partial charge in [-0.05, 0) is 58.0 Å². The van der Waals surface area contributed by atoms with E-state index in [2.05, 4.69) is 33.5 Å². The molecule has 0 radical (unpaired) electrons. The van der Waals surface area contributed by atoms with Crippen LogP contribution in [0.3, 0.4) is 0 Å². The van der Waals surface area contributed by atoms with E-state index in [0.717, 1.165) is 52.6 Å². The Morgan fingerprint density at radius 2 is 1.12 bits per heavy atom. The predicted octanol–water partition coefficient (Wildman–Crippen LogP) is -0.721. The van der Waals surface area contributed by atoms with Crippen LogP contribution in [0.4, 0.5) is 0 Å². The van der Waals surface area contributed by atoms with E-state index in [1.165, 1.54) is 12.8 Å². The summed E-state index contributed by atoms with van der Waals surface area (Å²) in [6.45, 7) is 10.7. The average Bonchev–Trinajstić information content (AvgIpc) is 2.32. The molecule has 0 aromatic carbocycles. The van der Waals surface area contributed by atoms with Crippen LogP contribution in [0.25, 0.3) is 0 Å². The number of hydrogen-bond acceptors (Lipinski definition) is 5. The van der Waals surface area contributed by atoms with Crippen molar-refractivity contribution in [2.24, 2.45) is 5.92 Å². The SMILES string of the molecule is CC1CNCCCNCNCNCCCNC1. The van der Waals surface area contributed by atoms with Crippen molar-refractivity contribution >= 4 is 0 Å². The van der Waals surface area contributed by atoms with Crippen molar-refractivity contribution in [1.29, 1.82) is 0 Å². The van der Waals surface area contributed by atoms with E-state index in [1.807, 2.05) is 0 Å². The predicted molar refractivity (Wildman–Crippen MR) is 73.0 cm³/mol. The molecule has 0 spiro atoms.